The summed E-state index contributed by atoms with van der Waals surface area (Å²) in [5, 5.41) is 2.75. The number of rotatable bonds is 9. The lowest BCUT2D eigenvalue weighted by Gasteiger charge is -2.13. The van der Waals surface area contributed by atoms with Gasteiger partial charge in [-0.1, -0.05) is 32.8 Å². The molecule has 1 rings (SSSR count). The zero-order chi connectivity index (χ0) is 16.6. The van der Waals surface area contributed by atoms with Crippen molar-refractivity contribution in [2.24, 2.45) is 11.7 Å². The van der Waals surface area contributed by atoms with E-state index >= 15 is 0 Å². The second kappa shape index (κ2) is 8.87. The van der Waals surface area contributed by atoms with Gasteiger partial charge in [-0.15, -0.1) is 0 Å². The Bertz CT molecular complexity index is 583. The van der Waals surface area contributed by atoms with Crippen LogP contribution in [-0.2, 0) is 14.8 Å². The molecule has 1 amide bonds. The fraction of sp³-hybridized carbons (Fsp3) is 0.533. The van der Waals surface area contributed by atoms with Gasteiger partial charge in [0.05, 0.1) is 4.90 Å². The molecule has 0 heterocycles. The van der Waals surface area contributed by atoms with Gasteiger partial charge in [0.1, 0.15) is 0 Å². The molecule has 0 spiro atoms. The number of carbonyl (C=O) groups excluding carboxylic acids is 1. The van der Waals surface area contributed by atoms with Crippen molar-refractivity contribution in [2.45, 2.75) is 38.0 Å². The van der Waals surface area contributed by atoms with Crippen LogP contribution in [-0.4, -0.2) is 27.4 Å². The number of sulfonamides is 1. The molecule has 0 radical (unpaired) electrons. The van der Waals surface area contributed by atoms with E-state index in [1.165, 1.54) is 12.1 Å². The summed E-state index contributed by atoms with van der Waals surface area (Å²) in [7, 11) is -3.59. The van der Waals surface area contributed by atoms with E-state index in [0.29, 0.717) is 18.0 Å². The highest BCUT2D eigenvalue weighted by atomic mass is 32.2. The van der Waals surface area contributed by atoms with E-state index < -0.39 is 10.0 Å². The lowest BCUT2D eigenvalue weighted by Crippen LogP contribution is -2.29. The molecule has 4 N–H and O–H groups in total. The van der Waals surface area contributed by atoms with E-state index in [4.69, 9.17) is 5.73 Å². The Balaban J connectivity index is 2.78. The normalized spacial score (nSPS) is 11.6. The maximum atomic E-state index is 12.0. The van der Waals surface area contributed by atoms with Crippen LogP contribution in [0, 0.1) is 5.92 Å². The number of hydrogen-bond acceptors (Lipinski definition) is 4. The van der Waals surface area contributed by atoms with E-state index in [2.05, 4.69) is 23.9 Å². The molecular weight excluding hydrogens is 302 g/mol. The predicted octanol–water partition coefficient (Wildman–Crippen LogP) is 1.69. The molecule has 124 valence electrons. The first-order valence-corrected chi connectivity index (χ1v) is 9.00. The first kappa shape index (κ1) is 18.6. The van der Waals surface area contributed by atoms with Crippen LogP contribution in [0.5, 0.6) is 0 Å². The smallest absolute Gasteiger partial charge is 0.240 e. The number of anilines is 1. The van der Waals surface area contributed by atoms with Crippen molar-refractivity contribution in [3.63, 3.8) is 0 Å². The van der Waals surface area contributed by atoms with E-state index in [0.717, 1.165) is 12.8 Å². The van der Waals surface area contributed by atoms with Gasteiger partial charge in [0.25, 0.3) is 0 Å². The second-order valence-electron chi connectivity index (χ2n) is 5.15. The summed E-state index contributed by atoms with van der Waals surface area (Å²) in [4.78, 5) is 12.1. The highest BCUT2D eigenvalue weighted by molar-refractivity contribution is 7.89. The molecule has 22 heavy (non-hydrogen) atoms. The van der Waals surface area contributed by atoms with Crippen LogP contribution < -0.4 is 15.8 Å². The Kier molecular flexibility index (Phi) is 7.50. The lowest BCUT2D eigenvalue weighted by atomic mass is 9.99. The van der Waals surface area contributed by atoms with Gasteiger partial charge in [-0.25, -0.2) is 13.1 Å². The Morgan fingerprint density at radius 2 is 1.95 bits per heavy atom. The first-order valence-electron chi connectivity index (χ1n) is 7.52. The van der Waals surface area contributed by atoms with Crippen molar-refractivity contribution < 1.29 is 13.2 Å². The molecule has 6 nitrogen and oxygen atoms in total. The van der Waals surface area contributed by atoms with Gasteiger partial charge < -0.3 is 11.1 Å². The zero-order valence-electron chi connectivity index (χ0n) is 13.1. The van der Waals surface area contributed by atoms with Gasteiger partial charge >= 0.3 is 0 Å². The van der Waals surface area contributed by atoms with Crippen molar-refractivity contribution in [3.8, 4) is 0 Å². The molecule has 0 bridgehead atoms. The summed E-state index contributed by atoms with van der Waals surface area (Å²) in [5.41, 5.74) is 5.78. The van der Waals surface area contributed by atoms with Crippen molar-refractivity contribution in [3.05, 3.63) is 24.3 Å². The molecule has 0 saturated heterocycles. The second-order valence-corrected chi connectivity index (χ2v) is 6.92. The number of amides is 1. The van der Waals surface area contributed by atoms with Crippen molar-refractivity contribution in [1.29, 1.82) is 0 Å². The molecule has 0 fully saturated rings. The zero-order valence-corrected chi connectivity index (χ0v) is 13.9. The third-order valence-electron chi connectivity index (χ3n) is 3.49. The van der Waals surface area contributed by atoms with Gasteiger partial charge in [-0.05, 0) is 24.1 Å². The summed E-state index contributed by atoms with van der Waals surface area (Å²) >= 11 is 0. The van der Waals surface area contributed by atoms with E-state index in [1.807, 2.05) is 0 Å². The minimum Gasteiger partial charge on any atom is -0.329 e. The van der Waals surface area contributed by atoms with Crippen LogP contribution in [0.25, 0.3) is 0 Å². The minimum atomic E-state index is -3.59. The highest BCUT2D eigenvalue weighted by Crippen LogP contribution is 2.17. The Labute approximate surface area is 132 Å². The highest BCUT2D eigenvalue weighted by Gasteiger charge is 2.15. The molecule has 7 heteroatoms. The van der Waals surface area contributed by atoms with E-state index in [1.54, 1.807) is 12.1 Å². The van der Waals surface area contributed by atoms with Crippen LogP contribution in [0.3, 0.4) is 0 Å². The van der Waals surface area contributed by atoms with Gasteiger partial charge in [-0.3, -0.25) is 4.79 Å². The van der Waals surface area contributed by atoms with Crippen LogP contribution in [0.15, 0.2) is 29.2 Å². The molecule has 0 aliphatic carbocycles. The summed E-state index contributed by atoms with van der Waals surface area (Å²) in [6.45, 7) is 4.51. The maximum Gasteiger partial charge on any atom is 0.240 e. The van der Waals surface area contributed by atoms with Gasteiger partial charge in [0.15, 0.2) is 0 Å². The number of hydrogen-bond donors (Lipinski definition) is 3. The standard InChI is InChI=1S/C15H25N3O3S/c1-3-12(4-2)10-15(19)18-13-6-5-7-14(11-13)22(20,21)17-9-8-16/h5-7,11-12,17H,3-4,8-10,16H2,1-2H3,(H,18,19). The van der Waals surface area contributed by atoms with Crippen molar-refractivity contribution in [2.75, 3.05) is 18.4 Å². The fourth-order valence-electron chi connectivity index (χ4n) is 2.07. The largest absolute Gasteiger partial charge is 0.329 e. The summed E-state index contributed by atoms with van der Waals surface area (Å²) in [5.74, 6) is 0.247. The SMILES string of the molecule is CCC(CC)CC(=O)Nc1cccc(S(=O)(=O)NCCN)c1. The van der Waals surface area contributed by atoms with Gasteiger partial charge in [0.2, 0.25) is 15.9 Å². The molecule has 0 atom stereocenters. The number of benzene rings is 1. The molecule has 1 aromatic carbocycles. The molecule has 1 aromatic rings. The van der Waals surface area contributed by atoms with Crippen LogP contribution in [0.2, 0.25) is 0 Å². The van der Waals surface area contributed by atoms with E-state index in [-0.39, 0.29) is 23.9 Å². The minimum absolute atomic E-state index is 0.0989. The molecule has 0 aliphatic rings. The van der Waals surface area contributed by atoms with Crippen LogP contribution in [0.4, 0.5) is 5.69 Å². The molecule has 0 aromatic heterocycles. The average molecular weight is 327 g/mol. The Morgan fingerprint density at radius 1 is 1.27 bits per heavy atom. The summed E-state index contributed by atoms with van der Waals surface area (Å²) in [6, 6.07) is 6.20. The third-order valence-corrected chi connectivity index (χ3v) is 4.95. The van der Waals surface area contributed by atoms with Crippen LogP contribution >= 0.6 is 0 Å². The molecule has 0 aliphatic heterocycles. The topological polar surface area (TPSA) is 101 Å². The van der Waals surface area contributed by atoms with Gasteiger partial charge in [0, 0.05) is 25.2 Å². The number of carbonyl (C=O) groups is 1. The molecule has 0 unspecified atom stereocenters. The molecular formula is C15H25N3O3S. The Morgan fingerprint density at radius 3 is 2.55 bits per heavy atom. The Hall–Kier alpha value is -1.44. The fourth-order valence-corrected chi connectivity index (χ4v) is 3.16. The predicted molar refractivity (Wildman–Crippen MR) is 88.0 cm³/mol. The molecule has 0 saturated carbocycles. The third kappa shape index (κ3) is 5.75. The lowest BCUT2D eigenvalue weighted by molar-refractivity contribution is -0.117. The average Bonchev–Trinajstić information content (AvgIpc) is 2.51. The van der Waals surface area contributed by atoms with Gasteiger partial charge in [-0.2, -0.15) is 0 Å². The monoisotopic (exact) mass is 327 g/mol. The quantitative estimate of drug-likeness (QED) is 0.642. The summed E-state index contributed by atoms with van der Waals surface area (Å²) < 4.78 is 26.4. The first-order chi connectivity index (χ1) is 10.4. The van der Waals surface area contributed by atoms with Crippen LogP contribution in [0.1, 0.15) is 33.1 Å². The maximum absolute atomic E-state index is 12.0. The van der Waals surface area contributed by atoms with E-state index in [9.17, 15) is 13.2 Å². The van der Waals surface area contributed by atoms with Crippen molar-refractivity contribution >= 4 is 21.6 Å². The summed E-state index contributed by atoms with van der Waals surface area (Å²) in [6.07, 6.45) is 2.33. The number of nitrogens with two attached hydrogens (primary N) is 1. The number of nitrogens with one attached hydrogen (secondary N) is 2. The van der Waals surface area contributed by atoms with Crippen molar-refractivity contribution in [1.82, 2.24) is 4.72 Å².